The third-order valence-corrected chi connectivity index (χ3v) is 4.01. The second-order valence-corrected chi connectivity index (χ2v) is 6.34. The maximum absolute atomic E-state index is 12.3. The highest BCUT2D eigenvalue weighted by Gasteiger charge is 2.09. The van der Waals surface area contributed by atoms with Gasteiger partial charge in [0.25, 0.3) is 5.91 Å². The number of carbonyl (C=O) groups is 1. The highest BCUT2D eigenvalue weighted by molar-refractivity contribution is 6.02. The molecule has 0 unspecified atom stereocenters. The number of hydrogen-bond acceptors (Lipinski definition) is 5. The van der Waals surface area contributed by atoms with Gasteiger partial charge in [0.05, 0.1) is 7.11 Å². The van der Waals surface area contributed by atoms with Crippen LogP contribution in [0.25, 0.3) is 0 Å². The molecule has 6 heteroatoms. The molecule has 6 nitrogen and oxygen atoms in total. The molecule has 2 aromatic carbocycles. The number of nitrogens with zero attached hydrogens (tertiary/aromatic N) is 2. The Labute approximate surface area is 158 Å². The number of anilines is 2. The van der Waals surface area contributed by atoms with E-state index in [1.807, 2.05) is 50.2 Å². The molecule has 0 aliphatic heterocycles. The van der Waals surface area contributed by atoms with Crippen LogP contribution in [0.3, 0.4) is 0 Å². The molecule has 3 rings (SSSR count). The summed E-state index contributed by atoms with van der Waals surface area (Å²) in [6, 6.07) is 17.1. The molecule has 1 heterocycles. The van der Waals surface area contributed by atoms with Gasteiger partial charge in [-0.1, -0.05) is 18.2 Å². The van der Waals surface area contributed by atoms with E-state index in [1.54, 1.807) is 19.2 Å². The molecule has 0 aliphatic carbocycles. The number of carbonyl (C=O) groups excluding carboxylic acids is 1. The average Bonchev–Trinajstić information content (AvgIpc) is 2.66. The lowest BCUT2D eigenvalue weighted by Gasteiger charge is -2.08. The SMILES string of the molecule is COc1ccc(CNc2ccc(C(=O)Nc3cc(C)cc(C)c3)nn2)cc1. The van der Waals surface area contributed by atoms with E-state index in [1.165, 1.54) is 0 Å². The molecule has 0 saturated carbocycles. The van der Waals surface area contributed by atoms with E-state index in [-0.39, 0.29) is 11.6 Å². The number of amides is 1. The maximum Gasteiger partial charge on any atom is 0.276 e. The summed E-state index contributed by atoms with van der Waals surface area (Å²) >= 11 is 0. The van der Waals surface area contributed by atoms with Crippen LogP contribution in [-0.4, -0.2) is 23.2 Å². The lowest BCUT2D eigenvalue weighted by Crippen LogP contribution is -2.15. The summed E-state index contributed by atoms with van der Waals surface area (Å²) in [6.45, 7) is 4.59. The van der Waals surface area contributed by atoms with Crippen LogP contribution in [0.15, 0.2) is 54.6 Å². The van der Waals surface area contributed by atoms with Gasteiger partial charge in [0.2, 0.25) is 0 Å². The molecular formula is C21H22N4O2. The topological polar surface area (TPSA) is 76.1 Å². The highest BCUT2D eigenvalue weighted by Crippen LogP contribution is 2.15. The van der Waals surface area contributed by atoms with Crippen molar-refractivity contribution in [2.75, 3.05) is 17.7 Å². The summed E-state index contributed by atoms with van der Waals surface area (Å²) in [5.41, 5.74) is 4.29. The Morgan fingerprint density at radius 2 is 1.67 bits per heavy atom. The zero-order valence-corrected chi connectivity index (χ0v) is 15.6. The van der Waals surface area contributed by atoms with Gasteiger partial charge in [-0.05, 0) is 66.9 Å². The van der Waals surface area contributed by atoms with Gasteiger partial charge < -0.3 is 15.4 Å². The van der Waals surface area contributed by atoms with Crippen LogP contribution in [0.4, 0.5) is 11.5 Å². The van der Waals surface area contributed by atoms with Crippen molar-refractivity contribution in [1.82, 2.24) is 10.2 Å². The third kappa shape index (κ3) is 5.04. The van der Waals surface area contributed by atoms with Gasteiger partial charge >= 0.3 is 0 Å². The predicted molar refractivity (Wildman–Crippen MR) is 106 cm³/mol. The second-order valence-electron chi connectivity index (χ2n) is 6.34. The van der Waals surface area contributed by atoms with E-state index >= 15 is 0 Å². The Hall–Kier alpha value is -3.41. The standard InChI is InChI=1S/C21H22N4O2/c1-14-10-15(2)12-17(11-14)23-21(26)19-8-9-20(25-24-19)22-13-16-4-6-18(27-3)7-5-16/h4-12H,13H2,1-3H3,(H,22,25)(H,23,26). The fourth-order valence-corrected chi connectivity index (χ4v) is 2.73. The lowest BCUT2D eigenvalue weighted by molar-refractivity contribution is 0.102. The van der Waals surface area contributed by atoms with E-state index in [0.717, 1.165) is 28.1 Å². The smallest absolute Gasteiger partial charge is 0.276 e. The minimum atomic E-state index is -0.283. The molecule has 0 saturated heterocycles. The van der Waals surface area contributed by atoms with E-state index in [2.05, 4.69) is 26.9 Å². The molecule has 0 aliphatic rings. The van der Waals surface area contributed by atoms with Crippen molar-refractivity contribution < 1.29 is 9.53 Å². The highest BCUT2D eigenvalue weighted by atomic mass is 16.5. The van der Waals surface area contributed by atoms with Crippen LogP contribution in [0.1, 0.15) is 27.2 Å². The number of nitrogens with one attached hydrogen (secondary N) is 2. The van der Waals surface area contributed by atoms with Gasteiger partial charge in [-0.25, -0.2) is 0 Å². The normalized spacial score (nSPS) is 10.3. The first-order valence-electron chi connectivity index (χ1n) is 8.63. The Kier molecular flexibility index (Phi) is 5.66. The number of ether oxygens (including phenoxy) is 1. The Morgan fingerprint density at radius 3 is 2.26 bits per heavy atom. The average molecular weight is 362 g/mol. The van der Waals surface area contributed by atoms with Gasteiger partial charge in [0, 0.05) is 12.2 Å². The lowest BCUT2D eigenvalue weighted by atomic mass is 10.1. The van der Waals surface area contributed by atoms with Crippen LogP contribution in [0.2, 0.25) is 0 Å². The first kappa shape index (κ1) is 18.4. The van der Waals surface area contributed by atoms with E-state index < -0.39 is 0 Å². The van der Waals surface area contributed by atoms with Crippen molar-refractivity contribution in [3.8, 4) is 5.75 Å². The van der Waals surface area contributed by atoms with Crippen LogP contribution >= 0.6 is 0 Å². The van der Waals surface area contributed by atoms with Crippen LogP contribution in [0.5, 0.6) is 5.75 Å². The number of aromatic nitrogens is 2. The minimum absolute atomic E-state index is 0.268. The summed E-state index contributed by atoms with van der Waals surface area (Å²) in [4.78, 5) is 12.3. The van der Waals surface area contributed by atoms with Crippen molar-refractivity contribution in [2.45, 2.75) is 20.4 Å². The Balaban J connectivity index is 1.59. The third-order valence-electron chi connectivity index (χ3n) is 4.01. The Bertz CT molecular complexity index is 902. The molecule has 0 fully saturated rings. The molecule has 1 amide bonds. The molecule has 0 atom stereocenters. The molecule has 1 aromatic heterocycles. The number of hydrogen-bond donors (Lipinski definition) is 2. The van der Waals surface area contributed by atoms with Crippen molar-refractivity contribution >= 4 is 17.4 Å². The first-order valence-corrected chi connectivity index (χ1v) is 8.63. The van der Waals surface area contributed by atoms with Gasteiger partial charge in [0.15, 0.2) is 5.69 Å². The zero-order chi connectivity index (χ0) is 19.2. The van der Waals surface area contributed by atoms with Gasteiger partial charge in [-0.15, -0.1) is 10.2 Å². The summed E-state index contributed by atoms with van der Waals surface area (Å²) < 4.78 is 5.14. The van der Waals surface area contributed by atoms with Crippen LogP contribution in [-0.2, 0) is 6.54 Å². The van der Waals surface area contributed by atoms with Crippen LogP contribution < -0.4 is 15.4 Å². The quantitative estimate of drug-likeness (QED) is 0.694. The van der Waals surface area contributed by atoms with E-state index in [0.29, 0.717) is 12.4 Å². The molecule has 0 radical (unpaired) electrons. The van der Waals surface area contributed by atoms with E-state index in [9.17, 15) is 4.79 Å². The fraction of sp³-hybridized carbons (Fsp3) is 0.190. The summed E-state index contributed by atoms with van der Waals surface area (Å²) in [6.07, 6.45) is 0. The molecular weight excluding hydrogens is 340 g/mol. The summed E-state index contributed by atoms with van der Waals surface area (Å²) in [7, 11) is 1.64. The van der Waals surface area contributed by atoms with Crippen molar-refractivity contribution in [3.05, 3.63) is 77.0 Å². The predicted octanol–water partition coefficient (Wildman–Crippen LogP) is 3.97. The second kappa shape index (κ2) is 8.31. The molecule has 138 valence electrons. The van der Waals surface area contributed by atoms with Crippen LogP contribution in [0, 0.1) is 13.8 Å². The molecule has 0 spiro atoms. The monoisotopic (exact) mass is 362 g/mol. The fourth-order valence-electron chi connectivity index (χ4n) is 2.73. The Morgan fingerprint density at radius 1 is 0.963 bits per heavy atom. The number of benzene rings is 2. The molecule has 0 bridgehead atoms. The van der Waals surface area contributed by atoms with Gasteiger partial charge in [0.1, 0.15) is 11.6 Å². The maximum atomic E-state index is 12.3. The molecule has 27 heavy (non-hydrogen) atoms. The molecule has 3 aromatic rings. The number of rotatable bonds is 6. The van der Waals surface area contributed by atoms with Crippen molar-refractivity contribution in [3.63, 3.8) is 0 Å². The number of methoxy groups -OCH3 is 1. The van der Waals surface area contributed by atoms with E-state index in [4.69, 9.17) is 4.74 Å². The largest absolute Gasteiger partial charge is 0.497 e. The molecule has 2 N–H and O–H groups in total. The zero-order valence-electron chi connectivity index (χ0n) is 15.6. The van der Waals surface area contributed by atoms with Crippen molar-refractivity contribution in [1.29, 1.82) is 0 Å². The first-order chi connectivity index (χ1) is 13.0. The minimum Gasteiger partial charge on any atom is -0.497 e. The van der Waals surface area contributed by atoms with Crippen molar-refractivity contribution in [2.24, 2.45) is 0 Å². The van der Waals surface area contributed by atoms with Gasteiger partial charge in [-0.3, -0.25) is 4.79 Å². The summed E-state index contributed by atoms with van der Waals surface area (Å²) in [5.74, 6) is 1.14. The van der Waals surface area contributed by atoms with Gasteiger partial charge in [-0.2, -0.15) is 0 Å². The summed E-state index contributed by atoms with van der Waals surface area (Å²) in [5, 5.41) is 14.1. The number of aryl methyl sites for hydroxylation is 2.